The summed E-state index contributed by atoms with van der Waals surface area (Å²) in [5.41, 5.74) is 2.42. The number of fused-ring (bicyclic) bond motifs is 1. The molecule has 0 spiro atoms. The maximum absolute atomic E-state index is 14.0. The van der Waals surface area contributed by atoms with Crippen LogP contribution in [0.25, 0.3) is 10.9 Å². The normalized spacial score (nSPS) is 14.6. The Balaban J connectivity index is 1.69. The highest BCUT2D eigenvalue weighted by Crippen LogP contribution is 2.35. The third-order valence-corrected chi connectivity index (χ3v) is 9.05. The van der Waals surface area contributed by atoms with Crippen molar-refractivity contribution in [2.45, 2.75) is 21.5 Å². The molecule has 0 bridgehead atoms. The predicted molar refractivity (Wildman–Crippen MR) is 158 cm³/mol. The van der Waals surface area contributed by atoms with Crippen molar-refractivity contribution >= 4 is 67.3 Å². The van der Waals surface area contributed by atoms with Gasteiger partial charge in [-0.25, -0.2) is 12.4 Å². The van der Waals surface area contributed by atoms with Crippen LogP contribution in [-0.2, 0) is 21.2 Å². The summed E-state index contributed by atoms with van der Waals surface area (Å²) in [4.78, 5) is 17.9. The number of halogens is 3. The molecule has 4 rings (SSSR count). The van der Waals surface area contributed by atoms with Crippen molar-refractivity contribution in [1.29, 1.82) is 5.26 Å². The van der Waals surface area contributed by atoms with Gasteiger partial charge in [0, 0.05) is 37.8 Å². The number of methoxy groups -OCH3 is 1. The molecule has 1 saturated heterocycles. The van der Waals surface area contributed by atoms with Crippen LogP contribution in [0.4, 0.5) is 5.69 Å². The van der Waals surface area contributed by atoms with Crippen LogP contribution in [0, 0.1) is 11.3 Å². The van der Waals surface area contributed by atoms with Gasteiger partial charge in [0.25, 0.3) is 19.7 Å². The number of carbonyl (C=O) groups is 1. The van der Waals surface area contributed by atoms with Gasteiger partial charge in [-0.2, -0.15) is 5.26 Å². The second-order valence-electron chi connectivity index (χ2n) is 9.82. The monoisotopic (exact) mass is 625 g/mol. The Labute approximate surface area is 249 Å². The first-order valence-corrected chi connectivity index (χ1v) is 15.2. The fourth-order valence-corrected chi connectivity index (χ4v) is 6.61. The Morgan fingerprint density at radius 2 is 1.80 bits per heavy atom. The summed E-state index contributed by atoms with van der Waals surface area (Å²) < 4.78 is 32.8. The van der Waals surface area contributed by atoms with Crippen molar-refractivity contribution in [2.24, 2.45) is 0 Å². The number of aryl methyl sites for hydroxylation is 1. The third-order valence-electron chi connectivity index (χ3n) is 6.89. The number of hydrogen-bond donors (Lipinski definition) is 0. The zero-order valence-corrected chi connectivity index (χ0v) is 25.5. The van der Waals surface area contributed by atoms with Gasteiger partial charge < -0.3 is 19.4 Å². The summed E-state index contributed by atoms with van der Waals surface area (Å²) in [6.45, 7) is 2.23. The highest BCUT2D eigenvalue weighted by molar-refractivity contribution is 7.90. The van der Waals surface area contributed by atoms with Crippen LogP contribution in [0.2, 0.25) is 0 Å². The lowest BCUT2D eigenvalue weighted by Gasteiger charge is -2.37. The van der Waals surface area contributed by atoms with Gasteiger partial charge in [-0.15, -0.1) is 0 Å². The van der Waals surface area contributed by atoms with E-state index in [2.05, 4.69) is 11.0 Å². The lowest BCUT2D eigenvalue weighted by atomic mass is 10.1. The topological polar surface area (TPSA) is 98.9 Å². The zero-order chi connectivity index (χ0) is 29.2. The predicted octanol–water partition coefficient (Wildman–Crippen LogP) is 4.27. The first kappa shape index (κ1) is 30.3. The van der Waals surface area contributed by atoms with E-state index in [9.17, 15) is 18.5 Å². The summed E-state index contributed by atoms with van der Waals surface area (Å²) in [7, 11) is 1.48. The first-order chi connectivity index (χ1) is 18.9. The molecule has 2 aromatic carbocycles. The van der Waals surface area contributed by atoms with E-state index < -0.39 is 19.7 Å². The van der Waals surface area contributed by atoms with Crippen LogP contribution in [0.5, 0.6) is 5.75 Å². The number of aromatic nitrogens is 1. The molecule has 40 heavy (non-hydrogen) atoms. The Kier molecular flexibility index (Phi) is 9.12. The van der Waals surface area contributed by atoms with E-state index >= 15 is 0 Å². The maximum Gasteiger partial charge on any atom is 0.274 e. The van der Waals surface area contributed by atoms with E-state index in [1.165, 1.54) is 22.0 Å². The average molecular weight is 627 g/mol. The molecule has 1 aromatic heterocycles. The molecule has 0 unspecified atom stereocenters. The molecule has 0 radical (unpaired) electrons. The summed E-state index contributed by atoms with van der Waals surface area (Å²) in [6.07, 6.45) is 3.15. The number of hydrogen-bond acceptors (Lipinski definition) is 7. The molecule has 1 fully saturated rings. The second-order valence-corrected chi connectivity index (χ2v) is 13.9. The minimum absolute atomic E-state index is 0.0872. The Hall–Kier alpha value is -2.68. The molecule has 0 N–H and O–H groups in total. The van der Waals surface area contributed by atoms with Crippen LogP contribution < -0.4 is 9.64 Å². The molecule has 9 nitrogen and oxygen atoms in total. The zero-order valence-electron chi connectivity index (χ0n) is 22.4. The molecule has 1 amide bonds. The van der Waals surface area contributed by atoms with Gasteiger partial charge in [-0.05, 0) is 75.4 Å². The van der Waals surface area contributed by atoms with Gasteiger partial charge in [0.05, 0.1) is 34.8 Å². The lowest BCUT2D eigenvalue weighted by molar-refractivity contribution is -0.130. The highest BCUT2D eigenvalue weighted by atomic mass is 35.6. The van der Waals surface area contributed by atoms with Gasteiger partial charge in [0.15, 0.2) is 0 Å². The molecule has 0 aliphatic carbocycles. The lowest BCUT2D eigenvalue weighted by Crippen LogP contribution is -2.51. The molecular weight excluding hydrogens is 597 g/mol. The van der Waals surface area contributed by atoms with Gasteiger partial charge in [0.1, 0.15) is 5.75 Å². The Bertz CT molecular complexity index is 1550. The number of carbonyl (C=O) groups excluding carboxylic acids is 1. The Morgan fingerprint density at radius 3 is 2.40 bits per heavy atom. The van der Waals surface area contributed by atoms with Crippen LogP contribution >= 0.6 is 34.8 Å². The molecule has 3 aromatic rings. The largest absolute Gasteiger partial charge is 0.495 e. The van der Waals surface area contributed by atoms with Gasteiger partial charge in [-0.1, -0.05) is 34.8 Å². The summed E-state index contributed by atoms with van der Waals surface area (Å²) >= 11 is 17.3. The van der Waals surface area contributed by atoms with Crippen LogP contribution in [-0.4, -0.2) is 85.8 Å². The minimum atomic E-state index is -4.01. The standard InChI is InChI=1S/C27H30Cl3N5O4S/c1-32(2)10-4-5-20-18-35(23-8-6-19(17-31)15-22(20)23)40(37,38)21-7-9-25(39-3)24(16-21)33-11-13-34(14-12-33)26(36)27(28,29)30/h6-9,15-16,18H,4-5,10-14H2,1-3H3. The molecule has 1 aliphatic rings. The van der Waals surface area contributed by atoms with Crippen molar-refractivity contribution in [3.05, 3.63) is 53.7 Å². The van der Waals surface area contributed by atoms with Gasteiger partial charge in [0.2, 0.25) is 0 Å². The quantitative estimate of drug-likeness (QED) is 0.345. The minimum Gasteiger partial charge on any atom is -0.495 e. The van der Waals surface area contributed by atoms with Crippen LogP contribution in [0.1, 0.15) is 17.5 Å². The number of alkyl halides is 3. The number of nitrogens with zero attached hydrogens (tertiary/aromatic N) is 5. The van der Waals surface area contributed by atoms with Gasteiger partial charge >= 0.3 is 0 Å². The van der Waals surface area contributed by atoms with E-state index in [4.69, 9.17) is 39.5 Å². The molecule has 2 heterocycles. The van der Waals surface area contributed by atoms with Crippen LogP contribution in [0.15, 0.2) is 47.5 Å². The van der Waals surface area contributed by atoms with Crippen molar-refractivity contribution in [3.8, 4) is 11.8 Å². The summed E-state index contributed by atoms with van der Waals surface area (Å²) in [6, 6.07) is 11.9. The molecular formula is C27H30Cl3N5O4S. The summed E-state index contributed by atoms with van der Waals surface area (Å²) in [5, 5.41) is 10.2. The number of anilines is 1. The number of amides is 1. The Morgan fingerprint density at radius 1 is 1.10 bits per heavy atom. The average Bonchev–Trinajstić information content (AvgIpc) is 3.30. The van der Waals surface area contributed by atoms with Crippen molar-refractivity contribution in [1.82, 2.24) is 13.8 Å². The third kappa shape index (κ3) is 6.29. The van der Waals surface area contributed by atoms with Crippen molar-refractivity contribution < 1.29 is 17.9 Å². The van der Waals surface area contributed by atoms with E-state index in [0.29, 0.717) is 55.1 Å². The molecule has 214 valence electrons. The van der Waals surface area contributed by atoms with E-state index in [0.717, 1.165) is 23.9 Å². The smallest absolute Gasteiger partial charge is 0.274 e. The van der Waals surface area contributed by atoms with E-state index in [-0.39, 0.29) is 4.90 Å². The highest BCUT2D eigenvalue weighted by Gasteiger charge is 2.37. The van der Waals surface area contributed by atoms with Crippen molar-refractivity contribution in [2.75, 3.05) is 58.8 Å². The second kappa shape index (κ2) is 12.0. The first-order valence-electron chi connectivity index (χ1n) is 12.6. The number of rotatable bonds is 8. The molecule has 13 heteroatoms. The number of piperazine rings is 1. The summed E-state index contributed by atoms with van der Waals surface area (Å²) in [5.74, 6) is -0.0959. The molecule has 0 saturated carbocycles. The molecule has 0 atom stereocenters. The molecule has 1 aliphatic heterocycles. The van der Waals surface area contributed by atoms with Crippen molar-refractivity contribution in [3.63, 3.8) is 0 Å². The van der Waals surface area contributed by atoms with Gasteiger partial charge in [-0.3, -0.25) is 4.79 Å². The number of nitriles is 1. The number of ether oxygens (including phenoxy) is 1. The maximum atomic E-state index is 14.0. The van der Waals surface area contributed by atoms with E-state index in [1.54, 1.807) is 36.5 Å². The van der Waals surface area contributed by atoms with E-state index in [1.807, 2.05) is 19.0 Å². The fraction of sp³-hybridized carbons (Fsp3) is 0.407. The fourth-order valence-electron chi connectivity index (χ4n) is 4.84. The SMILES string of the molecule is COc1ccc(S(=O)(=O)n2cc(CCCN(C)C)c3cc(C#N)ccc32)cc1N1CCN(C(=O)C(Cl)(Cl)Cl)CC1. The van der Waals surface area contributed by atoms with Crippen LogP contribution in [0.3, 0.4) is 0 Å². The number of benzene rings is 2.